The number of nitrogens with zero attached hydrogens (tertiary/aromatic N) is 1. The number of nitrogens with one attached hydrogen (secondary N) is 1. The van der Waals surface area contributed by atoms with Crippen LogP contribution in [0.1, 0.15) is 58.3 Å². The third-order valence-electron chi connectivity index (χ3n) is 4.24. The van der Waals surface area contributed by atoms with Gasteiger partial charge < -0.3 is 15.3 Å². The number of terminal acetylenes is 1. The average Bonchev–Trinajstić information content (AvgIpc) is 2.51. The highest BCUT2D eigenvalue weighted by atomic mass is 16.3. The molecule has 5 nitrogen and oxygen atoms in total. The smallest absolute Gasteiger partial charge is 0.222 e. The molecule has 0 spiro atoms. The maximum absolute atomic E-state index is 11.9. The fourth-order valence-corrected chi connectivity index (χ4v) is 2.72. The Hall–Kier alpha value is -1.54. The summed E-state index contributed by atoms with van der Waals surface area (Å²) in [6.45, 7) is 4.13. The normalized spacial score (nSPS) is 15.6. The zero-order valence-electron chi connectivity index (χ0n) is 14.3. The van der Waals surface area contributed by atoms with Crippen molar-refractivity contribution in [3.05, 3.63) is 0 Å². The maximum atomic E-state index is 11.9. The summed E-state index contributed by atoms with van der Waals surface area (Å²) in [6, 6.07) is 0. The van der Waals surface area contributed by atoms with Crippen LogP contribution < -0.4 is 5.32 Å². The second-order valence-corrected chi connectivity index (χ2v) is 6.79. The number of amides is 2. The molecule has 0 aromatic rings. The maximum Gasteiger partial charge on any atom is 0.222 e. The number of carbonyl (C=O) groups is 2. The number of aliphatic hydroxyl groups is 1. The lowest BCUT2D eigenvalue weighted by molar-refractivity contribution is -0.144. The second-order valence-electron chi connectivity index (χ2n) is 6.79. The van der Waals surface area contributed by atoms with Crippen molar-refractivity contribution in [1.29, 1.82) is 0 Å². The van der Waals surface area contributed by atoms with Gasteiger partial charge in [0.15, 0.2) is 0 Å². The lowest BCUT2D eigenvalue weighted by atomic mass is 9.82. The average molecular weight is 322 g/mol. The first-order chi connectivity index (χ1) is 11.0. The molecule has 2 N–H and O–H groups in total. The van der Waals surface area contributed by atoms with Crippen molar-refractivity contribution in [3.8, 4) is 12.3 Å². The van der Waals surface area contributed by atoms with Gasteiger partial charge in [-0.2, -0.15) is 0 Å². The third kappa shape index (κ3) is 7.51. The van der Waals surface area contributed by atoms with Crippen LogP contribution in [-0.2, 0) is 9.59 Å². The SMILES string of the molecule is C#CCCCCC(=O)NCCCCCC(=O)N1CC(C)(CO)C1. The zero-order valence-corrected chi connectivity index (χ0v) is 14.3. The van der Waals surface area contributed by atoms with E-state index in [9.17, 15) is 9.59 Å². The molecule has 0 atom stereocenters. The van der Waals surface area contributed by atoms with Gasteiger partial charge in [0.1, 0.15) is 0 Å². The summed E-state index contributed by atoms with van der Waals surface area (Å²) in [5.41, 5.74) is -0.0971. The molecule has 0 aromatic carbocycles. The Labute approximate surface area is 139 Å². The number of rotatable bonds is 11. The number of carbonyl (C=O) groups excluding carboxylic acids is 2. The summed E-state index contributed by atoms with van der Waals surface area (Å²) in [5.74, 6) is 2.83. The minimum atomic E-state index is -0.0971. The summed E-state index contributed by atoms with van der Waals surface area (Å²) in [7, 11) is 0. The van der Waals surface area contributed by atoms with Gasteiger partial charge in [0.2, 0.25) is 11.8 Å². The van der Waals surface area contributed by atoms with Crippen LogP contribution in [0.15, 0.2) is 0 Å². The molecular formula is C18H30N2O3. The van der Waals surface area contributed by atoms with Gasteiger partial charge in [0.05, 0.1) is 6.61 Å². The Morgan fingerprint density at radius 3 is 2.52 bits per heavy atom. The summed E-state index contributed by atoms with van der Waals surface area (Å²) in [4.78, 5) is 25.2. The topological polar surface area (TPSA) is 69.6 Å². The van der Waals surface area contributed by atoms with Crippen LogP contribution in [0.5, 0.6) is 0 Å². The van der Waals surface area contributed by atoms with Crippen molar-refractivity contribution in [2.45, 2.75) is 58.3 Å². The van der Waals surface area contributed by atoms with E-state index in [1.54, 1.807) is 0 Å². The molecule has 1 rings (SSSR count). The molecule has 5 heteroatoms. The predicted octanol–water partition coefficient (Wildman–Crippen LogP) is 1.70. The molecule has 130 valence electrons. The minimum absolute atomic E-state index is 0.0852. The van der Waals surface area contributed by atoms with Crippen LogP contribution in [0.4, 0.5) is 0 Å². The van der Waals surface area contributed by atoms with E-state index in [-0.39, 0.29) is 23.8 Å². The highest BCUT2D eigenvalue weighted by Gasteiger charge is 2.40. The molecule has 1 fully saturated rings. The lowest BCUT2D eigenvalue weighted by Gasteiger charge is -2.47. The van der Waals surface area contributed by atoms with E-state index < -0.39 is 0 Å². The number of likely N-dealkylation sites (tertiary alicyclic amines) is 1. The molecule has 0 bridgehead atoms. The Bertz CT molecular complexity index is 422. The molecule has 23 heavy (non-hydrogen) atoms. The molecule has 1 aliphatic rings. The Kier molecular flexibility index (Phi) is 8.71. The first-order valence-corrected chi connectivity index (χ1v) is 8.59. The number of hydrogen-bond acceptors (Lipinski definition) is 3. The van der Waals surface area contributed by atoms with Crippen molar-refractivity contribution >= 4 is 11.8 Å². The van der Waals surface area contributed by atoms with Gasteiger partial charge in [-0.05, 0) is 25.7 Å². The summed E-state index contributed by atoms with van der Waals surface area (Å²) >= 11 is 0. The minimum Gasteiger partial charge on any atom is -0.396 e. The fourth-order valence-electron chi connectivity index (χ4n) is 2.72. The van der Waals surface area contributed by atoms with Crippen LogP contribution in [0.2, 0.25) is 0 Å². The van der Waals surface area contributed by atoms with Gasteiger partial charge in [-0.1, -0.05) is 13.3 Å². The molecule has 1 aliphatic heterocycles. The van der Waals surface area contributed by atoms with Crippen molar-refractivity contribution in [2.75, 3.05) is 26.2 Å². The lowest BCUT2D eigenvalue weighted by Crippen LogP contribution is -2.58. The van der Waals surface area contributed by atoms with E-state index in [1.165, 1.54) is 0 Å². The molecule has 1 heterocycles. The quantitative estimate of drug-likeness (QED) is 0.449. The third-order valence-corrected chi connectivity index (χ3v) is 4.24. The van der Waals surface area contributed by atoms with E-state index in [2.05, 4.69) is 11.2 Å². The van der Waals surface area contributed by atoms with Crippen LogP contribution >= 0.6 is 0 Å². The van der Waals surface area contributed by atoms with Crippen LogP contribution in [0.25, 0.3) is 0 Å². The first-order valence-electron chi connectivity index (χ1n) is 8.59. The van der Waals surface area contributed by atoms with Gasteiger partial charge in [-0.3, -0.25) is 9.59 Å². The molecule has 2 amide bonds. The van der Waals surface area contributed by atoms with E-state index in [0.29, 0.717) is 32.5 Å². The molecule has 0 unspecified atom stereocenters. The Balaban J connectivity index is 1.93. The standard InChI is InChI=1S/C18H30N2O3/c1-3-4-5-7-10-16(22)19-12-9-6-8-11-17(23)20-13-18(2,14-20)15-21/h1,21H,4-15H2,2H3,(H,19,22). The number of aliphatic hydroxyl groups excluding tert-OH is 1. The highest BCUT2D eigenvalue weighted by molar-refractivity contribution is 5.77. The molecule has 0 saturated carbocycles. The summed E-state index contributed by atoms with van der Waals surface area (Å²) in [5, 5.41) is 12.1. The molecular weight excluding hydrogens is 292 g/mol. The van der Waals surface area contributed by atoms with Gasteiger partial charge in [0.25, 0.3) is 0 Å². The fraction of sp³-hybridized carbons (Fsp3) is 0.778. The summed E-state index contributed by atoms with van der Waals surface area (Å²) < 4.78 is 0. The van der Waals surface area contributed by atoms with E-state index >= 15 is 0 Å². The first kappa shape index (κ1) is 19.5. The molecule has 1 saturated heterocycles. The van der Waals surface area contributed by atoms with Gasteiger partial charge >= 0.3 is 0 Å². The number of hydrogen-bond donors (Lipinski definition) is 2. The van der Waals surface area contributed by atoms with Crippen molar-refractivity contribution < 1.29 is 14.7 Å². The molecule has 0 aliphatic carbocycles. The van der Waals surface area contributed by atoms with E-state index in [4.69, 9.17) is 11.5 Å². The van der Waals surface area contributed by atoms with E-state index in [0.717, 1.165) is 38.5 Å². The largest absolute Gasteiger partial charge is 0.396 e. The predicted molar refractivity (Wildman–Crippen MR) is 90.6 cm³/mol. The van der Waals surface area contributed by atoms with Crippen molar-refractivity contribution in [2.24, 2.45) is 5.41 Å². The monoisotopic (exact) mass is 322 g/mol. The van der Waals surface area contributed by atoms with Crippen molar-refractivity contribution in [3.63, 3.8) is 0 Å². The second kappa shape index (κ2) is 10.3. The van der Waals surface area contributed by atoms with Crippen LogP contribution in [-0.4, -0.2) is 48.1 Å². The summed E-state index contributed by atoms with van der Waals surface area (Å²) in [6.07, 6.45) is 11.4. The van der Waals surface area contributed by atoms with Gasteiger partial charge in [0, 0.05) is 44.3 Å². The number of unbranched alkanes of at least 4 members (excludes halogenated alkanes) is 4. The Morgan fingerprint density at radius 2 is 1.87 bits per heavy atom. The Morgan fingerprint density at radius 1 is 1.17 bits per heavy atom. The van der Waals surface area contributed by atoms with Gasteiger partial charge in [-0.25, -0.2) is 0 Å². The molecule has 0 aromatic heterocycles. The molecule has 0 radical (unpaired) electrons. The van der Waals surface area contributed by atoms with Gasteiger partial charge in [-0.15, -0.1) is 12.3 Å². The van der Waals surface area contributed by atoms with Crippen molar-refractivity contribution in [1.82, 2.24) is 10.2 Å². The highest BCUT2D eigenvalue weighted by Crippen LogP contribution is 2.29. The van der Waals surface area contributed by atoms with Crippen LogP contribution in [0.3, 0.4) is 0 Å². The van der Waals surface area contributed by atoms with E-state index in [1.807, 2.05) is 11.8 Å². The van der Waals surface area contributed by atoms with Crippen LogP contribution in [0, 0.1) is 17.8 Å². The zero-order chi connectivity index (χ0) is 17.1.